The third-order valence-electron chi connectivity index (χ3n) is 3.61. The molecule has 0 N–H and O–H groups in total. The van der Waals surface area contributed by atoms with Crippen molar-refractivity contribution in [2.75, 3.05) is 20.8 Å². The minimum atomic E-state index is 0.332. The summed E-state index contributed by atoms with van der Waals surface area (Å²) >= 11 is 0. The van der Waals surface area contributed by atoms with Crippen molar-refractivity contribution < 1.29 is 4.74 Å². The highest BCUT2D eigenvalue weighted by molar-refractivity contribution is 5.19. The Hall–Kier alpha value is -0.860. The summed E-state index contributed by atoms with van der Waals surface area (Å²) in [5, 5.41) is 0. The van der Waals surface area contributed by atoms with Crippen molar-refractivity contribution in [3.8, 4) is 0 Å². The van der Waals surface area contributed by atoms with Crippen molar-refractivity contribution in [1.29, 1.82) is 0 Å². The summed E-state index contributed by atoms with van der Waals surface area (Å²) in [6.07, 6.45) is 0. The molecule has 1 aromatic carbocycles. The summed E-state index contributed by atoms with van der Waals surface area (Å²) in [6, 6.07) is 11.5. The first-order valence-corrected chi connectivity index (χ1v) is 6.33. The highest BCUT2D eigenvalue weighted by Crippen LogP contribution is 2.24. The fourth-order valence-corrected chi connectivity index (χ4v) is 2.04. The number of hydrogen-bond donors (Lipinski definition) is 0. The van der Waals surface area contributed by atoms with E-state index in [2.05, 4.69) is 63.1 Å². The molecule has 96 valence electrons. The average Bonchev–Trinajstić information content (AvgIpc) is 2.35. The number of ether oxygens (including phenoxy) is 1. The highest BCUT2D eigenvalue weighted by Gasteiger charge is 2.22. The molecule has 2 heteroatoms. The van der Waals surface area contributed by atoms with Crippen molar-refractivity contribution in [2.45, 2.75) is 32.9 Å². The quantitative estimate of drug-likeness (QED) is 0.749. The van der Waals surface area contributed by atoms with Gasteiger partial charge in [0.15, 0.2) is 0 Å². The van der Waals surface area contributed by atoms with Crippen LogP contribution < -0.4 is 0 Å². The first-order chi connectivity index (χ1) is 8.07. The molecule has 17 heavy (non-hydrogen) atoms. The van der Waals surface area contributed by atoms with Gasteiger partial charge >= 0.3 is 0 Å². The van der Waals surface area contributed by atoms with Crippen LogP contribution in [-0.2, 0) is 4.74 Å². The topological polar surface area (TPSA) is 12.5 Å². The van der Waals surface area contributed by atoms with Gasteiger partial charge in [-0.1, -0.05) is 44.2 Å². The molecular weight excluding hydrogens is 210 g/mol. The molecule has 0 heterocycles. The summed E-state index contributed by atoms with van der Waals surface area (Å²) < 4.78 is 5.37. The molecule has 0 radical (unpaired) electrons. The third kappa shape index (κ3) is 3.83. The van der Waals surface area contributed by atoms with E-state index in [4.69, 9.17) is 4.74 Å². The largest absolute Gasteiger partial charge is 0.383 e. The van der Waals surface area contributed by atoms with E-state index in [1.54, 1.807) is 7.11 Å². The van der Waals surface area contributed by atoms with Gasteiger partial charge < -0.3 is 4.74 Å². The van der Waals surface area contributed by atoms with E-state index in [1.807, 2.05) is 0 Å². The van der Waals surface area contributed by atoms with E-state index in [0.29, 0.717) is 18.0 Å². The van der Waals surface area contributed by atoms with Crippen LogP contribution in [0.3, 0.4) is 0 Å². The molecule has 1 aromatic rings. The molecule has 0 aliphatic carbocycles. The number of rotatable bonds is 6. The summed E-state index contributed by atoms with van der Waals surface area (Å²) in [4.78, 5) is 2.41. The van der Waals surface area contributed by atoms with Gasteiger partial charge in [0, 0.05) is 13.2 Å². The van der Waals surface area contributed by atoms with Crippen LogP contribution in [0.4, 0.5) is 0 Å². The van der Waals surface area contributed by atoms with E-state index in [-0.39, 0.29) is 0 Å². The minimum absolute atomic E-state index is 0.332. The standard InChI is InChI=1S/C15H25NO/c1-12(2)13(3)16(4)15(11-17-5)14-9-7-6-8-10-14/h6-10,12-13,15H,11H2,1-5H3/t13-,15-/m0/s1. The molecular formula is C15H25NO. The molecule has 0 aliphatic rings. The monoisotopic (exact) mass is 235 g/mol. The molecule has 0 unspecified atom stereocenters. The third-order valence-corrected chi connectivity index (χ3v) is 3.61. The number of methoxy groups -OCH3 is 1. The van der Waals surface area contributed by atoms with Gasteiger partial charge in [-0.25, -0.2) is 0 Å². The molecule has 0 saturated carbocycles. The lowest BCUT2D eigenvalue weighted by Crippen LogP contribution is -2.38. The molecule has 2 nitrogen and oxygen atoms in total. The van der Waals surface area contributed by atoms with Crippen LogP contribution in [0.2, 0.25) is 0 Å². The summed E-state index contributed by atoms with van der Waals surface area (Å²) in [6.45, 7) is 7.53. The summed E-state index contributed by atoms with van der Waals surface area (Å²) in [5.41, 5.74) is 1.32. The Bertz CT molecular complexity index is 310. The molecule has 0 amide bonds. The van der Waals surface area contributed by atoms with Crippen molar-refractivity contribution in [3.05, 3.63) is 35.9 Å². The van der Waals surface area contributed by atoms with E-state index >= 15 is 0 Å². The molecule has 1 rings (SSSR count). The lowest BCUT2D eigenvalue weighted by molar-refractivity contribution is 0.0703. The Labute approximate surface area is 106 Å². The lowest BCUT2D eigenvalue weighted by Gasteiger charge is -2.35. The van der Waals surface area contributed by atoms with Crippen LogP contribution in [-0.4, -0.2) is 31.7 Å². The molecule has 0 saturated heterocycles. The maximum absolute atomic E-state index is 5.37. The van der Waals surface area contributed by atoms with E-state index < -0.39 is 0 Å². The normalized spacial score (nSPS) is 15.2. The van der Waals surface area contributed by atoms with Crippen molar-refractivity contribution in [3.63, 3.8) is 0 Å². The minimum Gasteiger partial charge on any atom is -0.383 e. The van der Waals surface area contributed by atoms with Gasteiger partial charge in [0.25, 0.3) is 0 Å². The molecule has 2 atom stereocenters. The zero-order chi connectivity index (χ0) is 12.8. The van der Waals surface area contributed by atoms with Crippen molar-refractivity contribution >= 4 is 0 Å². The Morgan fingerprint density at radius 2 is 1.71 bits per heavy atom. The van der Waals surface area contributed by atoms with Crippen LogP contribution in [0.5, 0.6) is 0 Å². The van der Waals surface area contributed by atoms with E-state index in [0.717, 1.165) is 6.61 Å². The SMILES string of the molecule is COC[C@@H](c1ccccc1)N(C)[C@@H](C)C(C)C. The van der Waals surface area contributed by atoms with Gasteiger partial charge in [-0.05, 0) is 25.5 Å². The van der Waals surface area contributed by atoms with Crippen LogP contribution in [0.15, 0.2) is 30.3 Å². The predicted molar refractivity (Wildman–Crippen MR) is 73.1 cm³/mol. The maximum atomic E-state index is 5.37. The molecule has 0 fully saturated rings. The smallest absolute Gasteiger partial charge is 0.0659 e. The van der Waals surface area contributed by atoms with Crippen molar-refractivity contribution in [2.24, 2.45) is 5.92 Å². The Morgan fingerprint density at radius 1 is 1.12 bits per heavy atom. The maximum Gasteiger partial charge on any atom is 0.0659 e. The Morgan fingerprint density at radius 3 is 2.18 bits per heavy atom. The van der Waals surface area contributed by atoms with Crippen LogP contribution in [0.25, 0.3) is 0 Å². The number of likely N-dealkylation sites (N-methyl/N-ethyl adjacent to an activating group) is 1. The highest BCUT2D eigenvalue weighted by atomic mass is 16.5. The van der Waals surface area contributed by atoms with Crippen LogP contribution >= 0.6 is 0 Å². The molecule has 0 aliphatic heterocycles. The first-order valence-electron chi connectivity index (χ1n) is 6.33. The van der Waals surface area contributed by atoms with E-state index in [1.165, 1.54) is 5.56 Å². The average molecular weight is 235 g/mol. The second-order valence-corrected chi connectivity index (χ2v) is 5.03. The van der Waals surface area contributed by atoms with Crippen molar-refractivity contribution in [1.82, 2.24) is 4.90 Å². The Kier molecular flexibility index (Phi) is 5.66. The van der Waals surface area contributed by atoms with Gasteiger partial charge in [0.05, 0.1) is 12.6 Å². The van der Waals surface area contributed by atoms with Crippen LogP contribution in [0, 0.1) is 5.92 Å². The number of benzene rings is 1. The van der Waals surface area contributed by atoms with Gasteiger partial charge in [0.1, 0.15) is 0 Å². The first kappa shape index (κ1) is 14.2. The van der Waals surface area contributed by atoms with Gasteiger partial charge in [-0.2, -0.15) is 0 Å². The van der Waals surface area contributed by atoms with Crippen LogP contribution in [0.1, 0.15) is 32.4 Å². The molecule has 0 spiro atoms. The lowest BCUT2D eigenvalue weighted by atomic mass is 10.00. The van der Waals surface area contributed by atoms with E-state index in [9.17, 15) is 0 Å². The Balaban J connectivity index is 2.86. The summed E-state index contributed by atoms with van der Waals surface area (Å²) in [5.74, 6) is 0.642. The fraction of sp³-hybridized carbons (Fsp3) is 0.600. The fourth-order valence-electron chi connectivity index (χ4n) is 2.04. The van der Waals surface area contributed by atoms with Gasteiger partial charge in [0.2, 0.25) is 0 Å². The second kappa shape index (κ2) is 6.77. The predicted octanol–water partition coefficient (Wildman–Crippen LogP) is 3.35. The summed E-state index contributed by atoms with van der Waals surface area (Å²) in [7, 11) is 3.95. The van der Waals surface area contributed by atoms with Gasteiger partial charge in [-0.15, -0.1) is 0 Å². The van der Waals surface area contributed by atoms with Gasteiger partial charge in [-0.3, -0.25) is 4.90 Å². The molecule has 0 aromatic heterocycles. The number of nitrogens with zero attached hydrogens (tertiary/aromatic N) is 1. The second-order valence-electron chi connectivity index (χ2n) is 5.03. The zero-order valence-electron chi connectivity index (χ0n) is 11.7. The number of hydrogen-bond acceptors (Lipinski definition) is 2. The zero-order valence-corrected chi connectivity index (χ0v) is 11.7. The molecule has 0 bridgehead atoms.